The van der Waals surface area contributed by atoms with E-state index in [0.717, 1.165) is 128 Å². The van der Waals surface area contributed by atoms with E-state index in [9.17, 15) is 4.79 Å². The molecular weight excluding hydrogens is 1000 g/mol. The molecule has 72 heavy (non-hydrogen) atoms. The Morgan fingerprint density at radius 1 is 0.542 bits per heavy atom. The molecule has 1 saturated heterocycles. The van der Waals surface area contributed by atoms with Gasteiger partial charge in [-0.2, -0.15) is 0 Å². The van der Waals surface area contributed by atoms with Gasteiger partial charge < -0.3 is 20.8 Å². The minimum absolute atomic E-state index is 0.0231. The van der Waals surface area contributed by atoms with Crippen molar-refractivity contribution in [2.75, 3.05) is 50.4 Å². The molecule has 0 saturated carbocycles. The van der Waals surface area contributed by atoms with Crippen LogP contribution >= 0.6 is 58.0 Å². The van der Waals surface area contributed by atoms with Crippen molar-refractivity contribution in [3.8, 4) is 33.8 Å². The number of nitrogen functional groups attached to an aromatic ring is 1. The number of benzene rings is 7. The van der Waals surface area contributed by atoms with Crippen molar-refractivity contribution in [1.82, 2.24) is 19.9 Å². The number of halogens is 5. The van der Waals surface area contributed by atoms with Crippen molar-refractivity contribution in [1.29, 1.82) is 0 Å². The topological polar surface area (TPSA) is 109 Å². The molecule has 0 radical (unpaired) electrons. The van der Waals surface area contributed by atoms with E-state index >= 15 is 0 Å². The van der Waals surface area contributed by atoms with Crippen LogP contribution in [0, 0.1) is 0 Å². The lowest BCUT2D eigenvalue weighted by Crippen LogP contribution is -2.36. The Morgan fingerprint density at radius 2 is 1.06 bits per heavy atom. The Labute approximate surface area is 444 Å². The molecule has 0 spiro atoms. The molecule has 0 atom stereocenters. The number of nitrogens with zero attached hydrogens (tertiary/aromatic N) is 3. The van der Waals surface area contributed by atoms with Crippen LogP contribution in [0.15, 0.2) is 193 Å². The van der Waals surface area contributed by atoms with Crippen LogP contribution in [0.2, 0.25) is 25.1 Å². The number of fused-ring (bicyclic) bond motifs is 3. The Kier molecular flexibility index (Phi) is 18.6. The molecule has 11 rings (SSSR count). The summed E-state index contributed by atoms with van der Waals surface area (Å²) in [6.45, 7) is 5.92. The fourth-order valence-corrected chi connectivity index (χ4v) is 8.88. The highest BCUT2D eigenvalue weighted by Crippen LogP contribution is 2.32. The van der Waals surface area contributed by atoms with Gasteiger partial charge in [0, 0.05) is 95.7 Å². The third kappa shape index (κ3) is 14.6. The average molecular weight is 1050 g/mol. The monoisotopic (exact) mass is 1050 g/mol. The van der Waals surface area contributed by atoms with E-state index in [1.165, 1.54) is 6.42 Å². The second kappa shape index (κ2) is 25.8. The van der Waals surface area contributed by atoms with Crippen molar-refractivity contribution >= 4 is 102 Å². The maximum Gasteiger partial charge on any atom is 0.190 e. The van der Waals surface area contributed by atoms with E-state index in [2.05, 4.69) is 38.4 Å². The minimum atomic E-state index is -0.0231. The molecule has 0 unspecified atom stereocenters. The third-order valence-electron chi connectivity index (χ3n) is 11.7. The summed E-state index contributed by atoms with van der Waals surface area (Å²) < 4.78 is 5.41. The first kappa shape index (κ1) is 51.9. The highest BCUT2D eigenvalue weighted by Gasteiger charge is 2.12. The smallest absolute Gasteiger partial charge is 0.190 e. The van der Waals surface area contributed by atoms with Gasteiger partial charge in [0.2, 0.25) is 0 Å². The molecule has 4 heterocycles. The zero-order valence-corrected chi connectivity index (χ0v) is 43.0. The molecule has 4 N–H and O–H groups in total. The van der Waals surface area contributed by atoms with Gasteiger partial charge in [0.25, 0.3) is 0 Å². The summed E-state index contributed by atoms with van der Waals surface area (Å²) in [5, 5.41) is 9.54. The number of nitrogens with one attached hydrogen (secondary N) is 2. The van der Waals surface area contributed by atoms with Gasteiger partial charge in [0.05, 0.1) is 40.7 Å². The van der Waals surface area contributed by atoms with Crippen molar-refractivity contribution < 1.29 is 4.74 Å². The normalized spacial score (nSPS) is 12.2. The Bertz CT molecular complexity index is 3390. The fraction of sp³-hybridized carbons (Fsp3) is 0.136. The molecule has 3 aromatic heterocycles. The van der Waals surface area contributed by atoms with Crippen molar-refractivity contribution in [3.63, 3.8) is 0 Å². The molecule has 1 aliphatic rings. The molecule has 364 valence electrons. The number of hydrogen-bond acceptors (Lipinski definition) is 7. The number of unbranched alkanes of at least 4 members (excludes halogenated alkanes) is 1. The van der Waals surface area contributed by atoms with Gasteiger partial charge in [-0.05, 0) is 116 Å². The van der Waals surface area contributed by atoms with Gasteiger partial charge in [-0.1, -0.05) is 149 Å². The lowest BCUT2D eigenvalue weighted by Gasteiger charge is -2.26. The maximum atomic E-state index is 12.0. The largest absolute Gasteiger partial charge is 0.399 e. The summed E-state index contributed by atoms with van der Waals surface area (Å²) in [7, 11) is 0. The van der Waals surface area contributed by atoms with Crippen LogP contribution in [-0.4, -0.2) is 59.2 Å². The first-order valence-corrected chi connectivity index (χ1v) is 25.4. The molecule has 0 aliphatic carbocycles. The number of rotatable bonds is 9. The fourth-order valence-electron chi connectivity index (χ4n) is 7.98. The molecule has 1 fully saturated rings. The van der Waals surface area contributed by atoms with Crippen LogP contribution in [0.3, 0.4) is 0 Å². The van der Waals surface area contributed by atoms with E-state index in [1.54, 1.807) is 42.5 Å². The molecule has 13 heteroatoms. The molecule has 10 aromatic rings. The van der Waals surface area contributed by atoms with E-state index in [-0.39, 0.29) is 5.43 Å². The number of H-pyrrole nitrogens is 1. The molecule has 7 aromatic carbocycles. The summed E-state index contributed by atoms with van der Waals surface area (Å²) in [6.07, 6.45) is 2.31. The summed E-state index contributed by atoms with van der Waals surface area (Å²) in [4.78, 5) is 27.2. The van der Waals surface area contributed by atoms with Gasteiger partial charge in [0.15, 0.2) is 5.43 Å². The lowest BCUT2D eigenvalue weighted by molar-refractivity contribution is 0.0373. The van der Waals surface area contributed by atoms with Gasteiger partial charge in [-0.3, -0.25) is 9.69 Å². The number of ether oxygens (including phenoxy) is 1. The number of hydrogen-bond donors (Lipinski definition) is 3. The first-order valence-electron chi connectivity index (χ1n) is 23.5. The first-order chi connectivity index (χ1) is 35.1. The Hall–Kier alpha value is -6.46. The average Bonchev–Trinajstić information content (AvgIpc) is 3.41. The van der Waals surface area contributed by atoms with Gasteiger partial charge in [-0.25, -0.2) is 9.97 Å². The standard InChI is InChI=1S/C23H26ClN3O.C15H9Cl2N.C15H10ClNO.C6H6ClN/c24-19-8-9-21-20(16-19)23(17-22(26-21)18-6-2-1-3-7-18)25-10-4-5-11-27-12-14-28-15-13-27;16-11-6-7-14-12(8-11)13(17)9-15(18-14)10-4-2-1-3-5-10;16-11-6-7-13-12(8-11)15(18)9-14(17-13)10-4-2-1-3-5-10;7-5-1-3-6(8)4-2-5/h1-3,6-9,16-17H,4-5,10-15H2,(H,25,26);1-9H;1-9H,(H,17,18);1-4H,8H2. The number of aromatic amines is 1. The SMILES string of the molecule is Clc1ccc2nc(-c3ccccc3)cc(Cl)c2c1.Clc1ccc2nc(-c3ccccc3)cc(NCCCCN3CCOCC3)c2c1.Nc1ccc(Cl)cc1.O=c1cc(-c2ccccc2)[nH]c2ccc(Cl)cc12. The molecule has 0 bridgehead atoms. The summed E-state index contributed by atoms with van der Waals surface area (Å²) in [5.74, 6) is 0. The van der Waals surface area contributed by atoms with E-state index < -0.39 is 0 Å². The predicted molar refractivity (Wildman–Crippen MR) is 305 cm³/mol. The van der Waals surface area contributed by atoms with E-state index in [4.69, 9.17) is 73.5 Å². The van der Waals surface area contributed by atoms with Crippen LogP contribution < -0.4 is 16.5 Å². The third-order valence-corrected chi connectivity index (χ3v) is 13.0. The quantitative estimate of drug-likeness (QED) is 0.0976. The minimum Gasteiger partial charge on any atom is -0.399 e. The lowest BCUT2D eigenvalue weighted by atomic mass is 10.1. The molecular formula is C59H51Cl5N6O2. The Balaban J connectivity index is 0.000000138. The summed E-state index contributed by atoms with van der Waals surface area (Å²) in [6, 6.07) is 59.4. The van der Waals surface area contributed by atoms with Crippen LogP contribution in [0.5, 0.6) is 0 Å². The summed E-state index contributed by atoms with van der Waals surface area (Å²) >= 11 is 29.9. The van der Waals surface area contributed by atoms with Gasteiger partial charge in [-0.15, -0.1) is 0 Å². The van der Waals surface area contributed by atoms with E-state index in [0.29, 0.717) is 20.5 Å². The molecule has 1 aliphatic heterocycles. The van der Waals surface area contributed by atoms with Crippen molar-refractivity contribution in [3.05, 3.63) is 223 Å². The van der Waals surface area contributed by atoms with Crippen LogP contribution in [0.1, 0.15) is 12.8 Å². The number of pyridine rings is 3. The van der Waals surface area contributed by atoms with Gasteiger partial charge in [0.1, 0.15) is 0 Å². The number of anilines is 2. The van der Waals surface area contributed by atoms with Crippen LogP contribution in [0.25, 0.3) is 66.5 Å². The second-order valence-corrected chi connectivity index (χ2v) is 19.0. The highest BCUT2D eigenvalue weighted by molar-refractivity contribution is 6.37. The van der Waals surface area contributed by atoms with Crippen molar-refractivity contribution in [2.24, 2.45) is 0 Å². The van der Waals surface area contributed by atoms with E-state index in [1.807, 2.05) is 127 Å². The molecule has 8 nitrogen and oxygen atoms in total. The maximum absolute atomic E-state index is 12.0. The number of nitrogens with two attached hydrogens (primary N) is 1. The Morgan fingerprint density at radius 3 is 1.65 bits per heavy atom. The number of morpholine rings is 1. The van der Waals surface area contributed by atoms with Crippen molar-refractivity contribution in [2.45, 2.75) is 12.8 Å². The second-order valence-electron chi connectivity index (χ2n) is 16.8. The number of aromatic nitrogens is 3. The summed E-state index contributed by atoms with van der Waals surface area (Å²) in [5.41, 5.74) is 15.6. The zero-order chi connectivity index (χ0) is 50.2. The zero-order valence-electron chi connectivity index (χ0n) is 39.2. The van der Waals surface area contributed by atoms with Crippen LogP contribution in [-0.2, 0) is 4.74 Å². The molecule has 0 amide bonds. The predicted octanol–water partition coefficient (Wildman–Crippen LogP) is 16.1. The van der Waals surface area contributed by atoms with Gasteiger partial charge >= 0.3 is 0 Å². The highest BCUT2D eigenvalue weighted by atomic mass is 35.5. The van der Waals surface area contributed by atoms with Crippen LogP contribution in [0.4, 0.5) is 11.4 Å².